The van der Waals surface area contributed by atoms with Crippen LogP contribution in [0.25, 0.3) is 0 Å². The van der Waals surface area contributed by atoms with Crippen LogP contribution in [-0.4, -0.2) is 37.3 Å². The number of nitrogens with zero attached hydrogens (tertiary/aromatic N) is 3. The molecule has 0 saturated carbocycles. The molecule has 1 atom stereocenters. The Morgan fingerprint density at radius 2 is 2.00 bits per heavy atom. The molecule has 0 aromatic heterocycles. The molecule has 152 valence electrons. The van der Waals surface area contributed by atoms with E-state index in [-0.39, 0.29) is 6.04 Å². The molecule has 0 radical (unpaired) electrons. The summed E-state index contributed by atoms with van der Waals surface area (Å²) in [5, 5.41) is 5.30. The molecule has 0 bridgehead atoms. The lowest BCUT2D eigenvalue weighted by Gasteiger charge is -2.22. The van der Waals surface area contributed by atoms with Crippen molar-refractivity contribution in [1.29, 1.82) is 0 Å². The Labute approximate surface area is 176 Å². The average Bonchev–Trinajstić information content (AvgIpc) is 2.99. The maximum Gasteiger partial charge on any atom is 0.232 e. The molecule has 2 aliphatic heterocycles. The van der Waals surface area contributed by atoms with E-state index < -0.39 is 10.0 Å². The van der Waals surface area contributed by atoms with Gasteiger partial charge in [0.05, 0.1) is 23.3 Å². The third kappa shape index (κ3) is 4.04. The van der Waals surface area contributed by atoms with Crippen molar-refractivity contribution in [2.45, 2.75) is 33.2 Å². The Hall–Kier alpha value is -2.32. The lowest BCUT2D eigenvalue weighted by atomic mass is 10.0. The van der Waals surface area contributed by atoms with E-state index in [0.29, 0.717) is 12.2 Å². The maximum atomic E-state index is 12.1. The molecular formula is C21H24N4O2S2. The highest BCUT2D eigenvalue weighted by Gasteiger charge is 2.32. The summed E-state index contributed by atoms with van der Waals surface area (Å²) in [5.41, 5.74) is 10.1. The van der Waals surface area contributed by atoms with Gasteiger partial charge in [0, 0.05) is 11.8 Å². The second-order valence-electron chi connectivity index (χ2n) is 7.62. The minimum absolute atomic E-state index is 0.0625. The van der Waals surface area contributed by atoms with E-state index in [2.05, 4.69) is 47.6 Å². The molecule has 0 spiro atoms. The Morgan fingerprint density at radius 3 is 2.66 bits per heavy atom. The van der Waals surface area contributed by atoms with Crippen LogP contribution in [0.15, 0.2) is 46.5 Å². The third-order valence-electron chi connectivity index (χ3n) is 5.13. The summed E-state index contributed by atoms with van der Waals surface area (Å²) in [7, 11) is -3.28. The molecule has 4 rings (SSSR count). The van der Waals surface area contributed by atoms with E-state index in [1.807, 2.05) is 25.1 Å². The number of benzene rings is 2. The van der Waals surface area contributed by atoms with Crippen LogP contribution < -0.4 is 9.73 Å². The first-order chi connectivity index (χ1) is 13.7. The van der Waals surface area contributed by atoms with Crippen LogP contribution in [0.3, 0.4) is 0 Å². The quantitative estimate of drug-likeness (QED) is 0.808. The first-order valence-corrected chi connectivity index (χ1v) is 12.3. The van der Waals surface area contributed by atoms with E-state index in [0.717, 1.165) is 38.9 Å². The number of rotatable bonds is 3. The van der Waals surface area contributed by atoms with Gasteiger partial charge in [0.25, 0.3) is 0 Å². The molecule has 2 heterocycles. The minimum atomic E-state index is -3.28. The van der Waals surface area contributed by atoms with Crippen molar-refractivity contribution in [3.63, 3.8) is 0 Å². The third-order valence-corrected chi connectivity index (χ3v) is 7.27. The summed E-state index contributed by atoms with van der Waals surface area (Å²) >= 11 is 1.61. The number of aliphatic imine (C=N–C) groups is 1. The zero-order valence-corrected chi connectivity index (χ0v) is 18.6. The van der Waals surface area contributed by atoms with Crippen LogP contribution in [0.4, 0.5) is 11.4 Å². The number of sulfonamides is 1. The van der Waals surface area contributed by atoms with Gasteiger partial charge in [-0.05, 0) is 62.1 Å². The van der Waals surface area contributed by atoms with E-state index in [9.17, 15) is 8.42 Å². The van der Waals surface area contributed by atoms with Gasteiger partial charge < -0.3 is 0 Å². The van der Waals surface area contributed by atoms with Gasteiger partial charge in [0.15, 0.2) is 5.17 Å². The number of anilines is 1. The van der Waals surface area contributed by atoms with Crippen molar-refractivity contribution in [2.75, 3.05) is 16.3 Å². The molecule has 6 nitrogen and oxygen atoms in total. The normalized spacial score (nSPS) is 20.4. The van der Waals surface area contributed by atoms with Crippen molar-refractivity contribution in [3.05, 3.63) is 58.7 Å². The molecular weight excluding hydrogens is 404 g/mol. The number of aryl methyl sites for hydroxylation is 2. The summed E-state index contributed by atoms with van der Waals surface area (Å²) in [4.78, 5) is 4.68. The second-order valence-corrected chi connectivity index (χ2v) is 10.4. The fourth-order valence-electron chi connectivity index (χ4n) is 3.85. The monoisotopic (exact) mass is 428 g/mol. The highest BCUT2D eigenvalue weighted by molar-refractivity contribution is 8.14. The van der Waals surface area contributed by atoms with E-state index in [4.69, 9.17) is 0 Å². The van der Waals surface area contributed by atoms with Crippen molar-refractivity contribution < 1.29 is 8.42 Å². The molecule has 0 aliphatic carbocycles. The van der Waals surface area contributed by atoms with Crippen LogP contribution in [0.5, 0.6) is 0 Å². The van der Waals surface area contributed by atoms with Crippen molar-refractivity contribution in [2.24, 2.45) is 10.1 Å². The number of thioether (sulfide) groups is 1. The van der Waals surface area contributed by atoms with Gasteiger partial charge in [-0.15, -0.1) is 0 Å². The zero-order chi connectivity index (χ0) is 20.8. The Kier molecular flexibility index (Phi) is 5.16. The van der Waals surface area contributed by atoms with Crippen LogP contribution in [0, 0.1) is 13.8 Å². The summed E-state index contributed by atoms with van der Waals surface area (Å²) in [6.45, 7) is 6.06. The molecule has 2 aromatic rings. The van der Waals surface area contributed by atoms with Crippen molar-refractivity contribution >= 4 is 44.0 Å². The smallest absolute Gasteiger partial charge is 0.232 e. The number of nitrogens with one attached hydrogen (secondary N) is 1. The largest absolute Gasteiger partial charge is 0.267 e. The van der Waals surface area contributed by atoms with Gasteiger partial charge in [-0.2, -0.15) is 5.10 Å². The number of fused-ring (bicyclic) bond motifs is 1. The first-order valence-electron chi connectivity index (χ1n) is 9.46. The number of hydrazone groups is 1. The highest BCUT2D eigenvalue weighted by atomic mass is 32.2. The van der Waals surface area contributed by atoms with Gasteiger partial charge in [-0.25, -0.2) is 13.4 Å². The molecule has 0 fully saturated rings. The van der Waals surface area contributed by atoms with Gasteiger partial charge in [0.2, 0.25) is 10.0 Å². The first kappa shape index (κ1) is 20.0. The van der Waals surface area contributed by atoms with Crippen LogP contribution in [0.2, 0.25) is 0 Å². The van der Waals surface area contributed by atoms with Gasteiger partial charge in [-0.1, -0.05) is 35.5 Å². The number of hydrogen-bond donors (Lipinski definition) is 1. The fraction of sp³-hybridized carbons (Fsp3) is 0.333. The maximum absolute atomic E-state index is 12.1. The molecule has 29 heavy (non-hydrogen) atoms. The lowest BCUT2D eigenvalue weighted by molar-refractivity contribution is 0.590. The molecule has 0 saturated heterocycles. The Morgan fingerprint density at radius 1 is 1.21 bits per heavy atom. The van der Waals surface area contributed by atoms with E-state index >= 15 is 0 Å². The summed E-state index contributed by atoms with van der Waals surface area (Å²) in [5.74, 6) is 0.709. The van der Waals surface area contributed by atoms with Crippen LogP contribution >= 0.6 is 11.8 Å². The van der Waals surface area contributed by atoms with E-state index in [1.165, 1.54) is 16.1 Å². The molecule has 8 heteroatoms. The standard InChI is InChI=1S/C21H24N4O2S2/c1-13-5-7-18(14(2)9-13)22-21-24-23-19(12-28-21)16-6-8-20-17(11-16)10-15(3)25(20)29(4,26)27/h5-9,11,15H,10,12H2,1-4H3,(H,22,24)/t15-/m0/s1. The zero-order valence-electron chi connectivity index (χ0n) is 16.9. The minimum Gasteiger partial charge on any atom is -0.267 e. The molecule has 1 N–H and O–H groups in total. The average molecular weight is 429 g/mol. The number of amidine groups is 1. The molecule has 0 unspecified atom stereocenters. The van der Waals surface area contributed by atoms with Crippen molar-refractivity contribution in [3.8, 4) is 0 Å². The number of hydrogen-bond acceptors (Lipinski definition) is 5. The topological polar surface area (TPSA) is 74.1 Å². The summed E-state index contributed by atoms with van der Waals surface area (Å²) in [6, 6.07) is 12.0. The predicted octanol–water partition coefficient (Wildman–Crippen LogP) is 3.74. The van der Waals surface area contributed by atoms with Gasteiger partial charge >= 0.3 is 0 Å². The fourth-order valence-corrected chi connectivity index (χ4v) is 5.89. The Balaban J connectivity index is 1.56. The SMILES string of the molecule is Cc1ccc(N=C2NN=C(c3ccc4c(c3)C[C@H](C)N4S(C)(=O)=O)CS2)c(C)c1. The predicted molar refractivity (Wildman–Crippen MR) is 122 cm³/mol. The lowest BCUT2D eigenvalue weighted by Crippen LogP contribution is -2.34. The van der Waals surface area contributed by atoms with Gasteiger partial charge in [-0.3, -0.25) is 9.73 Å². The summed E-state index contributed by atoms with van der Waals surface area (Å²) in [6.07, 6.45) is 1.97. The van der Waals surface area contributed by atoms with Gasteiger partial charge in [0.1, 0.15) is 0 Å². The molecule has 2 aliphatic rings. The Bertz CT molecular complexity index is 1140. The van der Waals surface area contributed by atoms with Crippen LogP contribution in [0.1, 0.15) is 29.2 Å². The summed E-state index contributed by atoms with van der Waals surface area (Å²) < 4.78 is 25.7. The van der Waals surface area contributed by atoms with Crippen LogP contribution in [-0.2, 0) is 16.4 Å². The van der Waals surface area contributed by atoms with Crippen molar-refractivity contribution in [1.82, 2.24) is 5.43 Å². The second kappa shape index (κ2) is 7.50. The molecule has 2 aromatic carbocycles. The highest BCUT2D eigenvalue weighted by Crippen LogP contribution is 2.35. The molecule has 0 amide bonds. The van der Waals surface area contributed by atoms with E-state index in [1.54, 1.807) is 11.8 Å².